The van der Waals surface area contributed by atoms with Crippen molar-refractivity contribution in [3.8, 4) is 11.5 Å². The number of hydrogen-bond donors (Lipinski definition) is 6. The maximum atomic E-state index is 13.6. The molecule has 0 bridgehead atoms. The maximum Gasteiger partial charge on any atom is 0.235 e. The van der Waals surface area contributed by atoms with Crippen molar-refractivity contribution in [3.05, 3.63) is 51.8 Å². The molecule has 0 saturated carbocycles. The van der Waals surface area contributed by atoms with Gasteiger partial charge in [0.25, 0.3) is 0 Å². The third-order valence-electron chi connectivity index (χ3n) is 7.00. The molecule has 3 rings (SSSR count). The second kappa shape index (κ2) is 20.6. The zero-order valence-corrected chi connectivity index (χ0v) is 28.3. The van der Waals surface area contributed by atoms with Crippen molar-refractivity contribution in [3.63, 3.8) is 0 Å². The van der Waals surface area contributed by atoms with Gasteiger partial charge in [0, 0.05) is 49.9 Å². The Morgan fingerprint density at radius 2 is 1.64 bits per heavy atom. The molecule has 0 saturated heterocycles. The van der Waals surface area contributed by atoms with Gasteiger partial charge in [-0.25, -0.2) is 8.70 Å². The molecule has 1 aliphatic heterocycles. The van der Waals surface area contributed by atoms with E-state index >= 15 is 0 Å². The summed E-state index contributed by atoms with van der Waals surface area (Å²) in [5.41, 5.74) is 1.48. The predicted molar refractivity (Wildman–Crippen MR) is 176 cm³/mol. The molecule has 0 fully saturated rings. The van der Waals surface area contributed by atoms with Crippen LogP contribution in [0.25, 0.3) is 0 Å². The van der Waals surface area contributed by atoms with Crippen LogP contribution in [-0.2, 0) is 36.9 Å². The number of phenolic OH excluding ortho intramolecular Hbond substituents is 2. The molecule has 2 aromatic carbocycles. The highest BCUT2D eigenvalue weighted by Crippen LogP contribution is 2.47. The number of carbonyl (C=O) groups is 2. The maximum absolute atomic E-state index is 13.6. The van der Waals surface area contributed by atoms with Crippen molar-refractivity contribution in [2.75, 3.05) is 79.9 Å². The number of aliphatic hydroxyl groups is 1. The number of amides is 2. The first kappa shape index (κ1) is 38.7. The van der Waals surface area contributed by atoms with Crippen molar-refractivity contribution in [2.45, 2.75) is 37.1 Å². The Bertz CT molecular complexity index is 1310. The second-order valence-electron chi connectivity index (χ2n) is 10.8. The van der Waals surface area contributed by atoms with Gasteiger partial charge in [-0.15, -0.1) is 0 Å². The first-order chi connectivity index (χ1) is 22.6. The summed E-state index contributed by atoms with van der Waals surface area (Å²) in [6.07, 6.45) is 0.155. The van der Waals surface area contributed by atoms with Crippen molar-refractivity contribution in [1.82, 2.24) is 25.2 Å². The zero-order valence-electron chi connectivity index (χ0n) is 26.7. The molecule has 47 heavy (non-hydrogen) atoms. The Balaban J connectivity index is 1.28. The Morgan fingerprint density at radius 3 is 2.26 bits per heavy atom. The van der Waals surface area contributed by atoms with Crippen molar-refractivity contribution in [2.24, 2.45) is 0 Å². The van der Waals surface area contributed by atoms with Gasteiger partial charge in [-0.3, -0.25) is 14.5 Å². The summed E-state index contributed by atoms with van der Waals surface area (Å²) in [5.74, 6) is -1.57. The van der Waals surface area contributed by atoms with Crippen LogP contribution >= 0.6 is 23.5 Å². The third-order valence-corrected chi connectivity index (χ3v) is 8.29. The first-order valence-electron chi connectivity index (χ1n) is 15.3. The molecule has 0 aliphatic carbocycles. The SMILES string of the molecule is CNCC(=O)NCCCOCCOCCOCCCNC(=O)CN(C)Sc1cc(O)c(O)c2c1CN(Cc1ccc(F)c(Cl)c1)C2O. The second-order valence-corrected chi connectivity index (χ2v) is 12.5. The number of hydrogen-bond acceptors (Lipinski definition) is 12. The smallest absolute Gasteiger partial charge is 0.235 e. The van der Waals surface area contributed by atoms with E-state index in [2.05, 4.69) is 16.0 Å². The lowest BCUT2D eigenvalue weighted by atomic mass is 10.1. The fourth-order valence-corrected chi connectivity index (χ4v) is 5.90. The Hall–Kier alpha value is -2.73. The molecule has 16 heteroatoms. The van der Waals surface area contributed by atoms with E-state index in [9.17, 15) is 29.3 Å². The molecule has 1 unspecified atom stereocenters. The minimum atomic E-state index is -1.21. The lowest BCUT2D eigenvalue weighted by Gasteiger charge is -2.20. The monoisotopic (exact) mass is 701 g/mol. The summed E-state index contributed by atoms with van der Waals surface area (Å²) >= 11 is 7.11. The molecule has 1 heterocycles. The lowest BCUT2D eigenvalue weighted by Crippen LogP contribution is -2.33. The van der Waals surface area contributed by atoms with Crippen molar-refractivity contribution in [1.29, 1.82) is 0 Å². The quantitative estimate of drug-likeness (QED) is 0.0603. The minimum absolute atomic E-state index is 0.0292. The van der Waals surface area contributed by atoms with Gasteiger partial charge in [0.1, 0.15) is 12.0 Å². The number of nitrogens with one attached hydrogen (secondary N) is 3. The number of rotatable bonds is 22. The number of carbonyl (C=O) groups excluding carboxylic acids is 2. The van der Waals surface area contributed by atoms with Crippen LogP contribution in [0.3, 0.4) is 0 Å². The number of ether oxygens (including phenoxy) is 3. The molecule has 0 spiro atoms. The Labute approximate surface area is 283 Å². The van der Waals surface area contributed by atoms with E-state index in [0.717, 1.165) is 6.42 Å². The highest BCUT2D eigenvalue weighted by atomic mass is 35.5. The van der Waals surface area contributed by atoms with Crippen LogP contribution in [0.15, 0.2) is 29.2 Å². The van der Waals surface area contributed by atoms with Gasteiger partial charge >= 0.3 is 0 Å². The number of aliphatic hydroxyl groups excluding tert-OH is 1. The molecule has 2 aromatic rings. The summed E-state index contributed by atoms with van der Waals surface area (Å²) < 4.78 is 31.7. The van der Waals surface area contributed by atoms with E-state index in [1.165, 1.54) is 30.1 Å². The number of halogens is 2. The first-order valence-corrected chi connectivity index (χ1v) is 16.5. The summed E-state index contributed by atoms with van der Waals surface area (Å²) in [7, 11) is 3.45. The molecule has 0 radical (unpaired) electrons. The van der Waals surface area contributed by atoms with E-state index in [0.29, 0.717) is 81.7 Å². The number of phenols is 2. The van der Waals surface area contributed by atoms with Crippen LogP contribution in [0.1, 0.15) is 35.8 Å². The van der Waals surface area contributed by atoms with Crippen LogP contribution in [-0.4, -0.2) is 116 Å². The van der Waals surface area contributed by atoms with Crippen LogP contribution in [0.2, 0.25) is 5.02 Å². The average molecular weight is 702 g/mol. The van der Waals surface area contributed by atoms with Gasteiger partial charge in [-0.05, 0) is 68.2 Å². The van der Waals surface area contributed by atoms with Crippen molar-refractivity contribution >= 4 is 35.4 Å². The van der Waals surface area contributed by atoms with Crippen LogP contribution < -0.4 is 16.0 Å². The number of likely N-dealkylation sites (N-methyl/N-ethyl adjacent to an activating group) is 2. The molecule has 13 nitrogen and oxygen atoms in total. The topological polar surface area (TPSA) is 165 Å². The molecule has 262 valence electrons. The zero-order chi connectivity index (χ0) is 34.2. The fourth-order valence-electron chi connectivity index (χ4n) is 4.73. The van der Waals surface area contributed by atoms with E-state index in [-0.39, 0.29) is 47.8 Å². The summed E-state index contributed by atoms with van der Waals surface area (Å²) in [6, 6.07) is 5.70. The largest absolute Gasteiger partial charge is 0.504 e. The number of aromatic hydroxyl groups is 2. The van der Waals surface area contributed by atoms with Crippen LogP contribution in [0, 0.1) is 5.82 Å². The Kier molecular flexibility index (Phi) is 17.0. The third kappa shape index (κ3) is 13.0. The predicted octanol–water partition coefficient (Wildman–Crippen LogP) is 2.12. The van der Waals surface area contributed by atoms with Gasteiger partial charge in [0.2, 0.25) is 11.8 Å². The highest BCUT2D eigenvalue weighted by molar-refractivity contribution is 7.97. The number of benzene rings is 2. The average Bonchev–Trinajstić information content (AvgIpc) is 3.35. The van der Waals surface area contributed by atoms with E-state index in [4.69, 9.17) is 25.8 Å². The lowest BCUT2D eigenvalue weighted by molar-refractivity contribution is -0.121. The van der Waals surface area contributed by atoms with E-state index in [1.807, 2.05) is 0 Å². The van der Waals surface area contributed by atoms with Gasteiger partial charge in [0.05, 0.1) is 44.5 Å². The van der Waals surface area contributed by atoms with Crippen molar-refractivity contribution < 1.29 is 43.5 Å². The highest BCUT2D eigenvalue weighted by Gasteiger charge is 2.35. The summed E-state index contributed by atoms with van der Waals surface area (Å²) in [5, 5.41) is 40.2. The molecular formula is C31H45ClFN5O8S. The van der Waals surface area contributed by atoms with E-state index < -0.39 is 17.8 Å². The molecule has 1 atom stereocenters. The van der Waals surface area contributed by atoms with Crippen LogP contribution in [0.4, 0.5) is 4.39 Å². The standard InChI is InChI=1S/C31H45ClFN5O8S/c1-34-17-27(40)35-7-3-9-44-11-13-46-14-12-45-10-4-8-36-28(41)20-37(2)47-26-16-25(39)30(42)29-22(26)19-38(31(29)43)18-21-5-6-24(33)23(32)15-21/h5-6,15-16,31,34,39,42-43H,3-4,7-14,17-20H2,1-2H3,(H,35,40)(H,36,41). The van der Waals surface area contributed by atoms with Gasteiger partial charge in [0.15, 0.2) is 11.5 Å². The molecule has 2 amide bonds. The number of nitrogens with zero attached hydrogens (tertiary/aromatic N) is 2. The van der Waals surface area contributed by atoms with E-state index in [1.54, 1.807) is 29.4 Å². The van der Waals surface area contributed by atoms with Crippen LogP contribution in [0.5, 0.6) is 11.5 Å². The molecule has 0 aromatic heterocycles. The fraction of sp³-hybridized carbons (Fsp3) is 0.548. The normalized spacial score (nSPS) is 14.5. The van der Waals surface area contributed by atoms with Gasteiger partial charge in [-0.2, -0.15) is 0 Å². The molecule has 1 aliphatic rings. The minimum Gasteiger partial charge on any atom is -0.504 e. The molecular weight excluding hydrogens is 657 g/mol. The van der Waals surface area contributed by atoms with Gasteiger partial charge < -0.3 is 45.5 Å². The summed E-state index contributed by atoms with van der Waals surface area (Å²) in [4.78, 5) is 26.0. The molecule has 6 N–H and O–H groups in total. The summed E-state index contributed by atoms with van der Waals surface area (Å²) in [6.45, 7) is 4.63. The number of fused-ring (bicyclic) bond motifs is 1. The van der Waals surface area contributed by atoms with Gasteiger partial charge in [-0.1, -0.05) is 17.7 Å². The Morgan fingerprint density at radius 1 is 1.02 bits per heavy atom.